The van der Waals surface area contributed by atoms with Gasteiger partial charge in [-0.25, -0.2) is 4.98 Å². The van der Waals surface area contributed by atoms with Gasteiger partial charge in [0.05, 0.1) is 0 Å². The van der Waals surface area contributed by atoms with Crippen LogP contribution in [0, 0.1) is 0 Å². The predicted octanol–water partition coefficient (Wildman–Crippen LogP) is 0.920. The van der Waals surface area contributed by atoms with E-state index >= 15 is 0 Å². The molecule has 3 rings (SSSR count). The van der Waals surface area contributed by atoms with Crippen molar-refractivity contribution in [2.24, 2.45) is 5.73 Å². The van der Waals surface area contributed by atoms with Crippen LogP contribution in [0.15, 0.2) is 24.4 Å². The molecule has 0 bridgehead atoms. The quantitative estimate of drug-likeness (QED) is 0.643. The molecule has 0 amide bonds. The van der Waals surface area contributed by atoms with E-state index < -0.39 is 0 Å². The van der Waals surface area contributed by atoms with E-state index in [9.17, 15) is 0 Å². The van der Waals surface area contributed by atoms with Gasteiger partial charge >= 0.3 is 0 Å². The third-order valence-corrected chi connectivity index (χ3v) is 2.63. The average Bonchev–Trinajstić information content (AvgIpc) is 2.60. The van der Waals surface area contributed by atoms with Gasteiger partial charge in [0, 0.05) is 36.3 Å². The maximum absolute atomic E-state index is 5.87. The van der Waals surface area contributed by atoms with E-state index in [1.165, 1.54) is 11.1 Å². The molecule has 3 nitrogen and oxygen atoms in total. The molecule has 0 fully saturated rings. The molecule has 13 heavy (non-hydrogen) atoms. The molecule has 0 unspecified atom stereocenters. The van der Waals surface area contributed by atoms with Gasteiger partial charge in [0.1, 0.15) is 5.65 Å². The Morgan fingerprint density at radius 3 is 3.38 bits per heavy atom. The van der Waals surface area contributed by atoms with Crippen molar-refractivity contribution in [3.8, 4) is 0 Å². The first-order valence-electron chi connectivity index (χ1n) is 4.53. The summed E-state index contributed by atoms with van der Waals surface area (Å²) in [5, 5.41) is 1.23. The van der Waals surface area contributed by atoms with Gasteiger partial charge < -0.3 is 10.3 Å². The Labute approximate surface area is 76.2 Å². The fourth-order valence-electron chi connectivity index (χ4n) is 2.08. The van der Waals surface area contributed by atoms with Crippen LogP contribution in [0.1, 0.15) is 5.69 Å². The topological polar surface area (TPSA) is 43.8 Å². The maximum Gasteiger partial charge on any atom is 0.140 e. The fraction of sp³-hybridized carbons (Fsp3) is 0.300. The lowest BCUT2D eigenvalue weighted by Gasteiger charge is -2.00. The standard InChI is InChI=1S/C10H11N3/c11-8-5-9-4-7-2-1-3-12-10(7)13(9)6-8/h1-4,8H,5-6,11H2/t8-/m0/s1. The lowest BCUT2D eigenvalue weighted by molar-refractivity contribution is 0.649. The Bertz CT molecular complexity index is 458. The second-order valence-corrected chi connectivity index (χ2v) is 3.63. The predicted molar refractivity (Wildman–Crippen MR) is 51.4 cm³/mol. The molecule has 3 heteroatoms. The van der Waals surface area contributed by atoms with Crippen molar-refractivity contribution in [1.29, 1.82) is 0 Å². The van der Waals surface area contributed by atoms with E-state index in [0.29, 0.717) is 0 Å². The highest BCUT2D eigenvalue weighted by molar-refractivity contribution is 5.77. The smallest absolute Gasteiger partial charge is 0.140 e. The SMILES string of the molecule is N[C@H]1Cc2cc3cccnc3n2C1. The van der Waals surface area contributed by atoms with Crippen LogP contribution in [0.3, 0.4) is 0 Å². The van der Waals surface area contributed by atoms with Crippen LogP contribution in [0.2, 0.25) is 0 Å². The van der Waals surface area contributed by atoms with Gasteiger partial charge in [-0.2, -0.15) is 0 Å². The number of nitrogens with two attached hydrogens (primary N) is 1. The summed E-state index contributed by atoms with van der Waals surface area (Å²) in [5.41, 5.74) is 8.27. The molecule has 0 aromatic carbocycles. The van der Waals surface area contributed by atoms with E-state index in [2.05, 4.69) is 21.7 Å². The summed E-state index contributed by atoms with van der Waals surface area (Å²) >= 11 is 0. The zero-order chi connectivity index (χ0) is 8.84. The lowest BCUT2D eigenvalue weighted by Crippen LogP contribution is -2.20. The van der Waals surface area contributed by atoms with Crippen LogP contribution >= 0.6 is 0 Å². The third kappa shape index (κ3) is 0.906. The number of pyridine rings is 1. The van der Waals surface area contributed by atoms with Gasteiger partial charge in [-0.05, 0) is 18.2 Å². The second kappa shape index (κ2) is 2.33. The monoisotopic (exact) mass is 173 g/mol. The molecule has 2 aromatic rings. The lowest BCUT2D eigenvalue weighted by atomic mass is 10.2. The molecule has 2 N–H and O–H groups in total. The number of hydrogen-bond acceptors (Lipinski definition) is 2. The Kier molecular flexibility index (Phi) is 1.27. The Morgan fingerprint density at radius 1 is 1.54 bits per heavy atom. The van der Waals surface area contributed by atoms with Crippen LogP contribution in [-0.2, 0) is 13.0 Å². The summed E-state index contributed by atoms with van der Waals surface area (Å²) in [7, 11) is 0. The first kappa shape index (κ1) is 7.09. The Balaban J connectivity index is 2.31. The number of hydrogen-bond donors (Lipinski definition) is 1. The molecule has 0 radical (unpaired) electrons. The van der Waals surface area contributed by atoms with Crippen molar-refractivity contribution >= 4 is 11.0 Å². The Hall–Kier alpha value is -1.35. The summed E-state index contributed by atoms with van der Waals surface area (Å²) in [4.78, 5) is 4.35. The molecule has 1 aliphatic heterocycles. The summed E-state index contributed by atoms with van der Waals surface area (Å²) in [6.07, 6.45) is 2.82. The van der Waals surface area contributed by atoms with Gasteiger partial charge in [0.25, 0.3) is 0 Å². The van der Waals surface area contributed by atoms with E-state index in [-0.39, 0.29) is 6.04 Å². The second-order valence-electron chi connectivity index (χ2n) is 3.63. The number of fused-ring (bicyclic) bond motifs is 3. The van der Waals surface area contributed by atoms with Crippen LogP contribution in [-0.4, -0.2) is 15.6 Å². The van der Waals surface area contributed by atoms with Gasteiger partial charge in [0.2, 0.25) is 0 Å². The molecular weight excluding hydrogens is 162 g/mol. The summed E-state index contributed by atoms with van der Waals surface area (Å²) in [6.45, 7) is 0.913. The molecule has 3 heterocycles. The van der Waals surface area contributed by atoms with Crippen LogP contribution in [0.5, 0.6) is 0 Å². The number of rotatable bonds is 0. The van der Waals surface area contributed by atoms with E-state index in [1.54, 1.807) is 0 Å². The molecule has 0 aliphatic carbocycles. The van der Waals surface area contributed by atoms with Gasteiger partial charge in [0.15, 0.2) is 0 Å². The fourth-order valence-corrected chi connectivity index (χ4v) is 2.08. The molecule has 0 saturated heterocycles. The zero-order valence-corrected chi connectivity index (χ0v) is 7.27. The summed E-state index contributed by atoms with van der Waals surface area (Å²) < 4.78 is 2.22. The highest BCUT2D eigenvalue weighted by atomic mass is 15.1. The van der Waals surface area contributed by atoms with Gasteiger partial charge in [-0.3, -0.25) is 0 Å². The van der Waals surface area contributed by atoms with Crippen molar-refractivity contribution in [3.63, 3.8) is 0 Å². The number of nitrogens with zero attached hydrogens (tertiary/aromatic N) is 2. The first-order valence-corrected chi connectivity index (χ1v) is 4.53. The Morgan fingerprint density at radius 2 is 2.46 bits per heavy atom. The number of aromatic nitrogens is 2. The van der Waals surface area contributed by atoms with Gasteiger partial charge in [-0.15, -0.1) is 0 Å². The van der Waals surface area contributed by atoms with Crippen molar-refractivity contribution < 1.29 is 0 Å². The van der Waals surface area contributed by atoms with Gasteiger partial charge in [-0.1, -0.05) is 0 Å². The normalized spacial score (nSPS) is 20.8. The minimum atomic E-state index is 0.279. The van der Waals surface area contributed by atoms with E-state index in [0.717, 1.165) is 18.6 Å². The van der Waals surface area contributed by atoms with Crippen molar-refractivity contribution in [2.45, 2.75) is 19.0 Å². The molecule has 2 aromatic heterocycles. The van der Waals surface area contributed by atoms with Crippen molar-refractivity contribution in [1.82, 2.24) is 9.55 Å². The zero-order valence-electron chi connectivity index (χ0n) is 7.27. The summed E-state index contributed by atoms with van der Waals surface area (Å²) in [5.74, 6) is 0. The molecule has 0 saturated carbocycles. The van der Waals surface area contributed by atoms with Crippen LogP contribution in [0.4, 0.5) is 0 Å². The van der Waals surface area contributed by atoms with Crippen LogP contribution in [0.25, 0.3) is 11.0 Å². The average molecular weight is 173 g/mol. The maximum atomic E-state index is 5.87. The molecular formula is C10H11N3. The molecule has 0 spiro atoms. The molecule has 1 atom stereocenters. The van der Waals surface area contributed by atoms with E-state index in [1.807, 2.05) is 12.3 Å². The molecule has 1 aliphatic rings. The van der Waals surface area contributed by atoms with E-state index in [4.69, 9.17) is 5.73 Å². The van der Waals surface area contributed by atoms with Crippen molar-refractivity contribution in [3.05, 3.63) is 30.1 Å². The summed E-state index contributed by atoms with van der Waals surface area (Å²) in [6, 6.07) is 6.54. The highest BCUT2D eigenvalue weighted by Crippen LogP contribution is 2.23. The third-order valence-electron chi connectivity index (χ3n) is 2.63. The van der Waals surface area contributed by atoms with Crippen molar-refractivity contribution in [2.75, 3.05) is 0 Å². The minimum absolute atomic E-state index is 0.279. The molecule has 66 valence electrons. The van der Waals surface area contributed by atoms with Crippen LogP contribution < -0.4 is 5.73 Å². The highest BCUT2D eigenvalue weighted by Gasteiger charge is 2.20. The first-order chi connectivity index (χ1) is 6.34. The largest absolute Gasteiger partial charge is 0.328 e. The minimum Gasteiger partial charge on any atom is -0.328 e.